The Morgan fingerprint density at radius 3 is 2.62 bits per heavy atom. The molecule has 1 heterocycles. The van der Waals surface area contributed by atoms with Crippen LogP contribution < -0.4 is 0 Å². The highest BCUT2D eigenvalue weighted by Gasteiger charge is 2.48. The summed E-state index contributed by atoms with van der Waals surface area (Å²) in [5.41, 5.74) is -1.02. The molecule has 1 fully saturated rings. The number of rotatable bonds is 1. The van der Waals surface area contributed by atoms with Crippen LogP contribution in [0.15, 0.2) is 22.7 Å². The van der Waals surface area contributed by atoms with Crippen molar-refractivity contribution in [2.24, 2.45) is 0 Å². The van der Waals surface area contributed by atoms with Crippen molar-refractivity contribution in [3.05, 3.63) is 34.1 Å². The van der Waals surface area contributed by atoms with Gasteiger partial charge in [-0.3, -0.25) is 9.59 Å². The van der Waals surface area contributed by atoms with E-state index in [1.165, 1.54) is 19.1 Å². The fraction of sp³-hybridized carbons (Fsp3) is 0.273. The van der Waals surface area contributed by atoms with Crippen LogP contribution in [0.5, 0.6) is 0 Å². The van der Waals surface area contributed by atoms with Gasteiger partial charge < -0.3 is 4.74 Å². The van der Waals surface area contributed by atoms with Crippen molar-refractivity contribution >= 4 is 27.9 Å². The van der Waals surface area contributed by atoms with Gasteiger partial charge in [-0.2, -0.15) is 0 Å². The van der Waals surface area contributed by atoms with Gasteiger partial charge >= 0.3 is 11.9 Å². The number of hydrogen-bond acceptors (Lipinski definition) is 3. The molecule has 84 valence electrons. The van der Waals surface area contributed by atoms with Crippen molar-refractivity contribution in [2.45, 2.75) is 18.8 Å². The zero-order valence-electron chi connectivity index (χ0n) is 8.42. The lowest BCUT2D eigenvalue weighted by Gasteiger charge is -2.18. The van der Waals surface area contributed by atoms with Crippen molar-refractivity contribution in [1.82, 2.24) is 0 Å². The number of carbonyl (C=O) groups is 2. The maximum absolute atomic E-state index is 13.7. The van der Waals surface area contributed by atoms with E-state index in [1.807, 2.05) is 0 Å². The maximum atomic E-state index is 13.7. The van der Waals surface area contributed by atoms with Crippen LogP contribution in [0.4, 0.5) is 4.39 Å². The first-order valence-corrected chi connectivity index (χ1v) is 5.43. The van der Waals surface area contributed by atoms with Crippen molar-refractivity contribution in [2.75, 3.05) is 0 Å². The average molecular weight is 287 g/mol. The van der Waals surface area contributed by atoms with E-state index < -0.39 is 23.2 Å². The SMILES string of the molecule is CC1(c2ccc(Br)cc2F)CC(=O)OC1=O. The van der Waals surface area contributed by atoms with E-state index in [4.69, 9.17) is 0 Å². The Labute approximate surface area is 99.7 Å². The molecule has 0 amide bonds. The van der Waals surface area contributed by atoms with E-state index in [1.54, 1.807) is 6.07 Å². The Morgan fingerprint density at radius 1 is 1.44 bits per heavy atom. The van der Waals surface area contributed by atoms with Crippen LogP contribution in [0.1, 0.15) is 18.9 Å². The Balaban J connectivity index is 2.51. The number of cyclic esters (lactones) is 2. The highest BCUT2D eigenvalue weighted by atomic mass is 79.9. The minimum Gasteiger partial charge on any atom is -0.392 e. The van der Waals surface area contributed by atoms with Crippen LogP contribution in [-0.2, 0) is 19.7 Å². The first-order chi connectivity index (χ1) is 7.43. The second kappa shape index (κ2) is 3.66. The van der Waals surface area contributed by atoms with Gasteiger partial charge in [0.15, 0.2) is 0 Å². The van der Waals surface area contributed by atoms with Gasteiger partial charge in [-0.15, -0.1) is 0 Å². The summed E-state index contributed by atoms with van der Waals surface area (Å²) in [6.45, 7) is 1.51. The van der Waals surface area contributed by atoms with Crippen molar-refractivity contribution in [3.8, 4) is 0 Å². The van der Waals surface area contributed by atoms with E-state index in [0.717, 1.165) is 0 Å². The van der Waals surface area contributed by atoms with Crippen LogP contribution in [0.25, 0.3) is 0 Å². The van der Waals surface area contributed by atoms with Crippen LogP contribution in [0.2, 0.25) is 0 Å². The fourth-order valence-corrected chi connectivity index (χ4v) is 2.09. The Kier molecular flexibility index (Phi) is 2.58. The van der Waals surface area contributed by atoms with Crippen molar-refractivity contribution < 1.29 is 18.7 Å². The van der Waals surface area contributed by atoms with Gasteiger partial charge in [0.05, 0.1) is 6.42 Å². The summed E-state index contributed by atoms with van der Waals surface area (Å²) in [5.74, 6) is -1.84. The minimum absolute atomic E-state index is 0.121. The van der Waals surface area contributed by atoms with Gasteiger partial charge in [0.25, 0.3) is 0 Å². The summed E-state index contributed by atoms with van der Waals surface area (Å²) in [6.07, 6.45) is -0.121. The lowest BCUT2D eigenvalue weighted by atomic mass is 9.81. The lowest BCUT2D eigenvalue weighted by Crippen LogP contribution is -2.28. The number of halogens is 2. The summed E-state index contributed by atoms with van der Waals surface area (Å²) in [4.78, 5) is 22.6. The summed E-state index contributed by atoms with van der Waals surface area (Å²) >= 11 is 3.13. The van der Waals surface area contributed by atoms with E-state index in [9.17, 15) is 14.0 Å². The third kappa shape index (κ3) is 1.65. The van der Waals surface area contributed by atoms with E-state index in [-0.39, 0.29) is 12.0 Å². The molecule has 1 aromatic carbocycles. The average Bonchev–Trinajstić information content (AvgIpc) is 2.40. The zero-order valence-corrected chi connectivity index (χ0v) is 10.0. The first-order valence-electron chi connectivity index (χ1n) is 4.64. The molecule has 2 rings (SSSR count). The first kappa shape index (κ1) is 11.3. The van der Waals surface area contributed by atoms with Gasteiger partial charge in [0, 0.05) is 10.0 Å². The molecule has 1 saturated heterocycles. The summed E-state index contributed by atoms with van der Waals surface area (Å²) in [5, 5.41) is 0. The van der Waals surface area contributed by atoms with Crippen LogP contribution >= 0.6 is 15.9 Å². The number of benzene rings is 1. The molecule has 0 saturated carbocycles. The maximum Gasteiger partial charge on any atom is 0.324 e. The predicted octanol–water partition coefficient (Wildman–Crippen LogP) is 2.32. The molecule has 16 heavy (non-hydrogen) atoms. The lowest BCUT2D eigenvalue weighted by molar-refractivity contribution is -0.153. The van der Waals surface area contributed by atoms with Gasteiger partial charge in [0.2, 0.25) is 0 Å². The highest BCUT2D eigenvalue weighted by Crippen LogP contribution is 2.36. The summed E-state index contributed by atoms with van der Waals surface area (Å²) in [6, 6.07) is 4.37. The minimum atomic E-state index is -1.21. The van der Waals surface area contributed by atoms with Gasteiger partial charge in [-0.25, -0.2) is 4.39 Å². The quantitative estimate of drug-likeness (QED) is 0.588. The van der Waals surface area contributed by atoms with E-state index in [2.05, 4.69) is 20.7 Å². The molecule has 0 radical (unpaired) electrons. The Bertz CT molecular complexity index is 486. The standard InChI is InChI=1S/C11H8BrFO3/c1-11(5-9(14)16-10(11)15)7-3-2-6(12)4-8(7)13/h2-4H,5H2,1H3. The van der Waals surface area contributed by atoms with Crippen molar-refractivity contribution in [1.29, 1.82) is 0 Å². The molecule has 0 aromatic heterocycles. The number of esters is 2. The number of ether oxygens (including phenoxy) is 1. The third-order valence-electron chi connectivity index (χ3n) is 2.68. The normalized spacial score (nSPS) is 24.7. The highest BCUT2D eigenvalue weighted by molar-refractivity contribution is 9.10. The molecular formula is C11H8BrFO3. The van der Waals surface area contributed by atoms with Crippen molar-refractivity contribution in [3.63, 3.8) is 0 Å². The molecule has 1 aliphatic rings. The van der Waals surface area contributed by atoms with Crippen LogP contribution in [-0.4, -0.2) is 11.9 Å². The fourth-order valence-electron chi connectivity index (χ4n) is 1.76. The monoisotopic (exact) mass is 286 g/mol. The molecule has 1 unspecified atom stereocenters. The predicted molar refractivity (Wildman–Crippen MR) is 57.2 cm³/mol. The molecule has 5 heteroatoms. The van der Waals surface area contributed by atoms with Gasteiger partial charge in [-0.1, -0.05) is 22.0 Å². The topological polar surface area (TPSA) is 43.4 Å². The second-order valence-corrected chi connectivity index (χ2v) is 4.81. The molecule has 0 aliphatic carbocycles. The molecule has 0 N–H and O–H groups in total. The largest absolute Gasteiger partial charge is 0.392 e. The molecule has 0 spiro atoms. The molecule has 0 bridgehead atoms. The van der Waals surface area contributed by atoms with Gasteiger partial charge in [0.1, 0.15) is 11.2 Å². The molecule has 1 aromatic rings. The molecule has 3 nitrogen and oxygen atoms in total. The number of hydrogen-bond donors (Lipinski definition) is 0. The van der Waals surface area contributed by atoms with Crippen LogP contribution in [0, 0.1) is 5.82 Å². The summed E-state index contributed by atoms with van der Waals surface area (Å²) < 4.78 is 18.7. The van der Waals surface area contributed by atoms with E-state index in [0.29, 0.717) is 4.47 Å². The Morgan fingerprint density at radius 2 is 2.12 bits per heavy atom. The van der Waals surface area contributed by atoms with Crippen LogP contribution in [0.3, 0.4) is 0 Å². The zero-order chi connectivity index (χ0) is 11.9. The Hall–Kier alpha value is -1.23. The third-order valence-corrected chi connectivity index (χ3v) is 3.17. The number of carbonyl (C=O) groups excluding carboxylic acids is 2. The van der Waals surface area contributed by atoms with E-state index >= 15 is 0 Å². The molecule has 1 atom stereocenters. The molecular weight excluding hydrogens is 279 g/mol. The molecule has 1 aliphatic heterocycles. The summed E-state index contributed by atoms with van der Waals surface area (Å²) in [7, 11) is 0. The smallest absolute Gasteiger partial charge is 0.324 e. The second-order valence-electron chi connectivity index (χ2n) is 3.89. The van der Waals surface area contributed by atoms with Gasteiger partial charge in [-0.05, 0) is 19.1 Å².